The van der Waals surface area contributed by atoms with Crippen LogP contribution in [-0.4, -0.2) is 102 Å². The van der Waals surface area contributed by atoms with Gasteiger partial charge in [-0.15, -0.1) is 0 Å². The Balaban J connectivity index is 1.22. The number of amides is 4. The molecule has 66 heavy (non-hydrogen) atoms. The van der Waals surface area contributed by atoms with Crippen LogP contribution in [0.3, 0.4) is 0 Å². The third kappa shape index (κ3) is 10.7. The van der Waals surface area contributed by atoms with Gasteiger partial charge >= 0.3 is 332 Å². The normalized spacial score (nSPS) is 27.9. The van der Waals surface area contributed by atoms with Crippen LogP contribution in [0.2, 0.25) is 0 Å². The standard InChI is InChI=1S/C50H62IN4O11/c1-6-62-46(58)50-41(51-50)22-14-9-7-8-13-21-38-44(56)54-29-34(28-39(54)45(57)55(50)48(60)66-49(2,3)4)64-43-36(19-12-10-11-17-32-27-40(32)65-47(59)53-38)42(35-18-15-16-20-37(35)52-43)63-30-31-23-25-33(61-5)26-24-31/h14-16,18,20,22-26,32,34,38-41H,6-13,17,19,21,27-30H2,1-5H3,(H,53,59)/q-1/b22-14-/t32-,34-,38+,39?,40-,41+,50-/m1/s1. The number of carbonyl (C=O) groups is 5. The summed E-state index contributed by atoms with van der Waals surface area (Å²) in [5.41, 5.74) is 1.34. The van der Waals surface area contributed by atoms with Crippen molar-refractivity contribution in [2.45, 2.75) is 149 Å². The molecule has 3 fully saturated rings. The molecule has 356 valence electrons. The fourth-order valence-electron chi connectivity index (χ4n) is 9.21. The third-order valence-electron chi connectivity index (χ3n) is 12.7. The molecule has 0 spiro atoms. The van der Waals surface area contributed by atoms with E-state index in [1.54, 1.807) is 34.8 Å². The number of allylic oxidation sites excluding steroid dienone is 1. The zero-order valence-electron chi connectivity index (χ0n) is 38.6. The summed E-state index contributed by atoms with van der Waals surface area (Å²) in [5, 5.41) is 3.70. The van der Waals surface area contributed by atoms with E-state index in [1.807, 2.05) is 60.7 Å². The molecule has 7 atom stereocenters. The molecule has 5 aliphatic rings. The molecule has 3 aromatic rings. The van der Waals surface area contributed by atoms with E-state index in [0.29, 0.717) is 42.8 Å². The van der Waals surface area contributed by atoms with E-state index in [1.165, 1.54) is 4.90 Å². The van der Waals surface area contributed by atoms with Crippen LogP contribution in [0.15, 0.2) is 60.7 Å². The quantitative estimate of drug-likeness (QED) is 0.0897. The number of nitrogens with zero attached hydrogens (tertiary/aromatic N) is 3. The molecule has 1 aromatic heterocycles. The fourth-order valence-corrected chi connectivity index (χ4v) is 12.4. The Morgan fingerprint density at radius 2 is 1.71 bits per heavy atom. The first-order valence-electron chi connectivity index (χ1n) is 23.5. The van der Waals surface area contributed by atoms with Crippen molar-refractivity contribution in [2.24, 2.45) is 5.92 Å². The Labute approximate surface area is 396 Å². The van der Waals surface area contributed by atoms with Crippen molar-refractivity contribution in [3.63, 3.8) is 0 Å². The molecule has 3 bridgehead atoms. The van der Waals surface area contributed by atoms with Crippen LogP contribution < -0.4 is 40.7 Å². The van der Waals surface area contributed by atoms with Gasteiger partial charge in [0.05, 0.1) is 7.11 Å². The fraction of sp³-hybridized carbons (Fsp3) is 0.560. The summed E-state index contributed by atoms with van der Waals surface area (Å²) < 4.78 is 34.4. The summed E-state index contributed by atoms with van der Waals surface area (Å²) in [5.74, 6) is -0.0119. The van der Waals surface area contributed by atoms with E-state index in [0.717, 1.165) is 72.1 Å². The van der Waals surface area contributed by atoms with Gasteiger partial charge in [-0.3, -0.25) is 0 Å². The summed E-state index contributed by atoms with van der Waals surface area (Å²) in [6.45, 7) is 7.00. The number of esters is 1. The van der Waals surface area contributed by atoms with Gasteiger partial charge in [-0.25, -0.2) is 0 Å². The second-order valence-electron chi connectivity index (χ2n) is 18.7. The van der Waals surface area contributed by atoms with E-state index in [4.69, 9.17) is 33.4 Å². The van der Waals surface area contributed by atoms with Crippen LogP contribution in [0.25, 0.3) is 10.9 Å². The number of imide groups is 1. The number of rotatable bonds is 6. The third-order valence-corrected chi connectivity index (χ3v) is 16.6. The topological polar surface area (TPSA) is 172 Å². The molecule has 16 heteroatoms. The van der Waals surface area contributed by atoms with Gasteiger partial charge in [0.2, 0.25) is 0 Å². The number of para-hydroxylation sites is 1. The Morgan fingerprint density at radius 3 is 2.48 bits per heavy atom. The van der Waals surface area contributed by atoms with Gasteiger partial charge < -0.3 is 4.74 Å². The van der Waals surface area contributed by atoms with Crippen molar-refractivity contribution in [1.29, 1.82) is 0 Å². The number of hydrogen-bond donors (Lipinski definition) is 1. The summed E-state index contributed by atoms with van der Waals surface area (Å²) in [7, 11) is 1.63. The molecule has 4 amide bonds. The average Bonchev–Trinajstić information content (AvgIpc) is 4.16. The van der Waals surface area contributed by atoms with Gasteiger partial charge in [0, 0.05) is 0 Å². The minimum atomic E-state index is -1.59. The molecule has 1 aliphatic carbocycles. The predicted octanol–water partition coefficient (Wildman–Crippen LogP) is 4.79. The van der Waals surface area contributed by atoms with Crippen molar-refractivity contribution in [1.82, 2.24) is 20.1 Å². The number of carbonyl (C=O) groups excluding carboxylic acids is 5. The molecule has 0 radical (unpaired) electrons. The molecule has 1 unspecified atom stereocenters. The number of alkyl halides is 2. The number of halogens is 1. The molecule has 15 nitrogen and oxygen atoms in total. The Kier molecular flexibility index (Phi) is 14.6. The van der Waals surface area contributed by atoms with Gasteiger partial charge in [-0.05, 0) is 24.1 Å². The zero-order valence-corrected chi connectivity index (χ0v) is 40.7. The molecule has 2 aromatic carbocycles. The molecular formula is C50H62IN4O11-. The average molecular weight is 1020 g/mol. The minimum absolute atomic E-state index is 0.0407. The monoisotopic (exact) mass is 1020 g/mol. The molecule has 2 saturated heterocycles. The van der Waals surface area contributed by atoms with Gasteiger partial charge in [-0.1, -0.05) is 24.6 Å². The summed E-state index contributed by atoms with van der Waals surface area (Å²) in [6.07, 6.45) is 9.26. The number of fused-ring (bicyclic) bond motifs is 6. The number of benzene rings is 2. The number of alkyl carbamates (subject to hydrolysis) is 1. The van der Waals surface area contributed by atoms with Gasteiger partial charge in [-0.2, -0.15) is 0 Å². The summed E-state index contributed by atoms with van der Waals surface area (Å²) in [6, 6.07) is 13.1. The molecule has 1 N–H and O–H groups in total. The molecule has 5 heterocycles. The van der Waals surface area contributed by atoms with Crippen LogP contribution >= 0.6 is 0 Å². The second kappa shape index (κ2) is 20.4. The first-order chi connectivity index (χ1) is 31.8. The molecule has 8 rings (SSSR count). The predicted molar refractivity (Wildman–Crippen MR) is 240 cm³/mol. The van der Waals surface area contributed by atoms with Crippen LogP contribution in [0.4, 0.5) is 9.59 Å². The maximum atomic E-state index is 15.5. The first kappa shape index (κ1) is 47.4. The Hall–Kier alpha value is -5.13. The van der Waals surface area contributed by atoms with Crippen LogP contribution in [0, 0.1) is 5.92 Å². The van der Waals surface area contributed by atoms with Crippen molar-refractivity contribution in [3.05, 3.63) is 71.8 Å². The van der Waals surface area contributed by atoms with Crippen LogP contribution in [0.5, 0.6) is 17.4 Å². The van der Waals surface area contributed by atoms with Gasteiger partial charge in [0.25, 0.3) is 0 Å². The Bertz CT molecular complexity index is 2320. The van der Waals surface area contributed by atoms with E-state index in [-0.39, 0.29) is 38.2 Å². The number of hydrogen-bond acceptors (Lipinski definition) is 12. The van der Waals surface area contributed by atoms with Crippen LogP contribution in [-0.2, 0) is 41.6 Å². The van der Waals surface area contributed by atoms with E-state index < -0.39 is 82.4 Å². The number of methoxy groups -OCH3 is 1. The van der Waals surface area contributed by atoms with E-state index >= 15 is 9.59 Å². The molecular weight excluding hydrogens is 959 g/mol. The molecule has 4 aliphatic heterocycles. The summed E-state index contributed by atoms with van der Waals surface area (Å²) >= 11 is -1.17. The van der Waals surface area contributed by atoms with Crippen LogP contribution in [0.1, 0.15) is 109 Å². The summed E-state index contributed by atoms with van der Waals surface area (Å²) in [4.78, 5) is 80.3. The van der Waals surface area contributed by atoms with Crippen molar-refractivity contribution >= 4 is 40.9 Å². The maximum absolute atomic E-state index is 15.5. The van der Waals surface area contributed by atoms with Crippen molar-refractivity contribution in [2.75, 3.05) is 20.3 Å². The van der Waals surface area contributed by atoms with Gasteiger partial charge in [0.1, 0.15) is 5.75 Å². The van der Waals surface area contributed by atoms with Gasteiger partial charge in [0.15, 0.2) is 0 Å². The molecule has 1 saturated carbocycles. The SMILES string of the molecule is CCOC(=O)[C@@]12[I-][C@H]1/C=C\CCCCC[C@@H]1NC(=O)O[C@@H]3C[C@H]3CCCCCc3c(nc4ccccc4c3OCc3ccc(OC)cc3)O[C@@H]3CC(C(=O)N2C(=O)OC(C)(C)C)N(C3)C1=O. The number of aromatic nitrogens is 1. The number of nitrogens with one attached hydrogen (secondary N) is 1. The zero-order chi connectivity index (χ0) is 46.6. The van der Waals surface area contributed by atoms with E-state index in [2.05, 4.69) is 5.32 Å². The van der Waals surface area contributed by atoms with E-state index in [9.17, 15) is 14.4 Å². The number of ether oxygens (including phenoxy) is 6. The van der Waals surface area contributed by atoms with Crippen molar-refractivity contribution in [3.8, 4) is 17.4 Å². The second-order valence-corrected chi connectivity index (χ2v) is 22.3. The van der Waals surface area contributed by atoms with Crippen molar-refractivity contribution < 1.29 is 73.6 Å². The first-order valence-corrected chi connectivity index (χ1v) is 25.8. The number of pyridine rings is 1. The Morgan fingerprint density at radius 1 is 0.939 bits per heavy atom.